The second-order valence-electron chi connectivity index (χ2n) is 4.47. The Morgan fingerprint density at radius 2 is 2.20 bits per heavy atom. The van der Waals surface area contributed by atoms with E-state index >= 15 is 0 Å². The minimum atomic E-state index is 0.00307. The summed E-state index contributed by atoms with van der Waals surface area (Å²) in [4.78, 5) is 8.43. The minimum absolute atomic E-state index is 0.00307. The number of nitrogens with zero attached hydrogens (tertiary/aromatic N) is 3. The largest absolute Gasteiger partial charge is 0.492 e. The van der Waals surface area contributed by atoms with Gasteiger partial charge in [0.15, 0.2) is 0 Å². The highest BCUT2D eigenvalue weighted by molar-refractivity contribution is 9.10. The number of allylic oxidation sites excluding steroid dienone is 1. The molecule has 0 radical (unpaired) electrons. The summed E-state index contributed by atoms with van der Waals surface area (Å²) in [5.74, 6) is 0.614. The number of imidazole rings is 1. The van der Waals surface area contributed by atoms with E-state index in [9.17, 15) is 5.11 Å². The third-order valence-electron chi connectivity index (χ3n) is 3.25. The van der Waals surface area contributed by atoms with Gasteiger partial charge < -0.3 is 15.0 Å². The third-order valence-corrected chi connectivity index (χ3v) is 3.74. The Bertz CT molecular complexity index is 746. The fraction of sp³-hybridized carbons (Fsp3) is 0.143. The van der Waals surface area contributed by atoms with Crippen molar-refractivity contribution in [3.05, 3.63) is 33.9 Å². The molecule has 1 aliphatic heterocycles. The SMILES string of the molecule is CNc1nc(O)c(/C=C2\C=Nc3cc(Br)ccc32)n1C. The Kier molecular flexibility index (Phi) is 3.10. The molecule has 20 heavy (non-hydrogen) atoms. The second kappa shape index (κ2) is 4.79. The van der Waals surface area contributed by atoms with E-state index in [1.165, 1.54) is 0 Å². The third kappa shape index (κ3) is 2.02. The predicted molar refractivity (Wildman–Crippen MR) is 84.6 cm³/mol. The number of anilines is 1. The van der Waals surface area contributed by atoms with Gasteiger partial charge in [-0.1, -0.05) is 22.0 Å². The highest BCUT2D eigenvalue weighted by atomic mass is 79.9. The van der Waals surface area contributed by atoms with Crippen molar-refractivity contribution in [2.24, 2.45) is 12.0 Å². The van der Waals surface area contributed by atoms with E-state index in [-0.39, 0.29) is 5.88 Å². The van der Waals surface area contributed by atoms with Crippen LogP contribution in [0, 0.1) is 0 Å². The number of aromatic nitrogens is 2. The highest BCUT2D eigenvalue weighted by Crippen LogP contribution is 2.35. The molecule has 0 saturated heterocycles. The molecule has 0 fully saturated rings. The number of benzene rings is 1. The van der Waals surface area contributed by atoms with Crippen LogP contribution in [0.4, 0.5) is 11.6 Å². The Morgan fingerprint density at radius 3 is 2.90 bits per heavy atom. The van der Waals surface area contributed by atoms with E-state index in [1.807, 2.05) is 31.3 Å². The average molecular weight is 333 g/mol. The van der Waals surface area contributed by atoms with Crippen LogP contribution in [0.5, 0.6) is 5.88 Å². The number of hydrogen-bond acceptors (Lipinski definition) is 4. The molecule has 0 spiro atoms. The minimum Gasteiger partial charge on any atom is -0.492 e. The maximum Gasteiger partial charge on any atom is 0.238 e. The summed E-state index contributed by atoms with van der Waals surface area (Å²) in [7, 11) is 3.61. The molecular formula is C14H13BrN4O. The van der Waals surface area contributed by atoms with Crippen LogP contribution in [0.1, 0.15) is 11.3 Å². The van der Waals surface area contributed by atoms with Crippen LogP contribution >= 0.6 is 15.9 Å². The number of rotatable bonds is 2. The van der Waals surface area contributed by atoms with Crippen LogP contribution in [0.15, 0.2) is 27.7 Å². The first-order valence-corrected chi connectivity index (χ1v) is 6.88. The van der Waals surface area contributed by atoms with Crippen molar-refractivity contribution in [1.29, 1.82) is 0 Å². The van der Waals surface area contributed by atoms with Gasteiger partial charge in [-0.05, 0) is 18.2 Å². The van der Waals surface area contributed by atoms with Gasteiger partial charge in [-0.2, -0.15) is 4.98 Å². The van der Waals surface area contributed by atoms with Gasteiger partial charge in [0.05, 0.1) is 5.69 Å². The summed E-state index contributed by atoms with van der Waals surface area (Å²) < 4.78 is 2.79. The zero-order valence-electron chi connectivity index (χ0n) is 11.1. The van der Waals surface area contributed by atoms with Gasteiger partial charge in [0, 0.05) is 35.9 Å². The number of aliphatic imine (C=N–C) groups is 1. The van der Waals surface area contributed by atoms with Gasteiger partial charge in [0.25, 0.3) is 0 Å². The molecule has 2 aromatic rings. The summed E-state index contributed by atoms with van der Waals surface area (Å²) in [6.07, 6.45) is 3.68. The Balaban J connectivity index is 2.08. The number of hydrogen-bond donors (Lipinski definition) is 2. The van der Waals surface area contributed by atoms with Crippen LogP contribution in [-0.2, 0) is 7.05 Å². The summed E-state index contributed by atoms with van der Waals surface area (Å²) in [5, 5.41) is 12.9. The summed E-state index contributed by atoms with van der Waals surface area (Å²) in [6, 6.07) is 5.95. The maximum atomic E-state index is 9.93. The van der Waals surface area contributed by atoms with Crippen molar-refractivity contribution >= 4 is 45.4 Å². The van der Waals surface area contributed by atoms with E-state index < -0.39 is 0 Å². The molecule has 102 valence electrons. The van der Waals surface area contributed by atoms with Crippen LogP contribution in [-0.4, -0.2) is 27.9 Å². The molecule has 0 saturated carbocycles. The first-order valence-electron chi connectivity index (χ1n) is 6.09. The van der Waals surface area contributed by atoms with Crippen molar-refractivity contribution in [2.45, 2.75) is 0 Å². The second-order valence-corrected chi connectivity index (χ2v) is 5.39. The van der Waals surface area contributed by atoms with E-state index in [4.69, 9.17) is 0 Å². The van der Waals surface area contributed by atoms with E-state index in [0.29, 0.717) is 11.6 Å². The molecule has 0 aliphatic carbocycles. The number of halogens is 1. The van der Waals surface area contributed by atoms with Crippen molar-refractivity contribution < 1.29 is 5.11 Å². The fourth-order valence-corrected chi connectivity index (χ4v) is 2.56. The number of nitrogens with one attached hydrogen (secondary N) is 1. The first-order chi connectivity index (χ1) is 9.60. The van der Waals surface area contributed by atoms with Crippen LogP contribution in [0.2, 0.25) is 0 Å². The molecule has 1 aromatic carbocycles. The van der Waals surface area contributed by atoms with Gasteiger partial charge in [0.2, 0.25) is 11.8 Å². The number of fused-ring (bicyclic) bond motifs is 1. The van der Waals surface area contributed by atoms with Gasteiger partial charge in [0.1, 0.15) is 5.69 Å². The van der Waals surface area contributed by atoms with Crippen molar-refractivity contribution in [3.63, 3.8) is 0 Å². The Labute approximate surface area is 124 Å². The normalized spacial score (nSPS) is 14.8. The summed E-state index contributed by atoms with van der Waals surface area (Å²) in [5.41, 5.74) is 3.56. The smallest absolute Gasteiger partial charge is 0.238 e. The van der Waals surface area contributed by atoms with Crippen molar-refractivity contribution in [2.75, 3.05) is 12.4 Å². The van der Waals surface area contributed by atoms with Crippen molar-refractivity contribution in [1.82, 2.24) is 9.55 Å². The molecule has 3 rings (SSSR count). The highest BCUT2D eigenvalue weighted by Gasteiger charge is 2.16. The van der Waals surface area contributed by atoms with Gasteiger partial charge in [-0.25, -0.2) is 0 Å². The van der Waals surface area contributed by atoms with Crippen LogP contribution < -0.4 is 5.32 Å². The van der Waals surface area contributed by atoms with Gasteiger partial charge in [-0.3, -0.25) is 4.99 Å². The topological polar surface area (TPSA) is 62.4 Å². The maximum absolute atomic E-state index is 9.93. The van der Waals surface area contributed by atoms with Crippen molar-refractivity contribution in [3.8, 4) is 5.88 Å². The molecule has 0 amide bonds. The van der Waals surface area contributed by atoms with E-state index in [0.717, 1.165) is 21.3 Å². The van der Waals surface area contributed by atoms with Crippen LogP contribution in [0.3, 0.4) is 0 Å². The lowest BCUT2D eigenvalue weighted by Gasteiger charge is -2.03. The molecule has 2 N–H and O–H groups in total. The molecular weight excluding hydrogens is 320 g/mol. The average Bonchev–Trinajstić information content (AvgIpc) is 2.94. The monoisotopic (exact) mass is 332 g/mol. The Morgan fingerprint density at radius 1 is 1.40 bits per heavy atom. The van der Waals surface area contributed by atoms with Gasteiger partial charge >= 0.3 is 0 Å². The zero-order valence-corrected chi connectivity index (χ0v) is 12.6. The Hall–Kier alpha value is -2.08. The van der Waals surface area contributed by atoms with E-state index in [1.54, 1.807) is 17.8 Å². The molecule has 5 nitrogen and oxygen atoms in total. The fourth-order valence-electron chi connectivity index (χ4n) is 2.21. The molecule has 0 unspecified atom stereocenters. The molecule has 1 aromatic heterocycles. The van der Waals surface area contributed by atoms with Gasteiger partial charge in [-0.15, -0.1) is 0 Å². The lowest BCUT2D eigenvalue weighted by molar-refractivity contribution is 0.454. The molecule has 6 heteroatoms. The molecule has 1 aliphatic rings. The van der Waals surface area contributed by atoms with Crippen LogP contribution in [0.25, 0.3) is 11.6 Å². The predicted octanol–water partition coefficient (Wildman–Crippen LogP) is 3.19. The van der Waals surface area contributed by atoms with E-state index in [2.05, 4.69) is 31.2 Å². The molecule has 2 heterocycles. The number of aromatic hydroxyl groups is 1. The summed E-state index contributed by atoms with van der Waals surface area (Å²) in [6.45, 7) is 0. The summed E-state index contributed by atoms with van der Waals surface area (Å²) >= 11 is 3.43. The first kappa shape index (κ1) is 12.9. The molecule has 0 bridgehead atoms. The quantitative estimate of drug-likeness (QED) is 0.887. The molecule has 0 atom stereocenters. The lowest BCUT2D eigenvalue weighted by atomic mass is 10.1. The lowest BCUT2D eigenvalue weighted by Crippen LogP contribution is -1.99. The standard InChI is InChI=1S/C14H13BrN4O/c1-16-14-18-13(20)12(19(14)2)5-8-7-17-11-6-9(15)3-4-10(8)11/h3-7,20H,1-2H3,(H,16,18)/b8-5+. The zero-order chi connectivity index (χ0) is 14.3.